The zero-order valence-corrected chi connectivity index (χ0v) is 12.4. The summed E-state index contributed by atoms with van der Waals surface area (Å²) in [6.45, 7) is -0.267. The van der Waals surface area contributed by atoms with Crippen molar-refractivity contribution in [2.45, 2.75) is 4.21 Å². The van der Waals surface area contributed by atoms with Gasteiger partial charge >= 0.3 is 0 Å². The van der Waals surface area contributed by atoms with Gasteiger partial charge in [0.05, 0.1) is 4.34 Å². The van der Waals surface area contributed by atoms with Crippen molar-refractivity contribution in [1.82, 2.24) is 4.98 Å². The molecule has 0 atom stereocenters. The SMILES string of the molecule is O=S(=O)(Nc1cc(C#CCO)ccn1)c1ccc(Cl)s1. The number of anilines is 1. The van der Waals surface area contributed by atoms with E-state index in [9.17, 15) is 8.42 Å². The molecule has 0 bridgehead atoms. The number of hydrogen-bond donors (Lipinski definition) is 2. The minimum Gasteiger partial charge on any atom is -0.384 e. The van der Waals surface area contributed by atoms with Crippen LogP contribution in [0.5, 0.6) is 0 Å². The van der Waals surface area contributed by atoms with Crippen LogP contribution in [0.25, 0.3) is 0 Å². The van der Waals surface area contributed by atoms with Crippen LogP contribution in [0.15, 0.2) is 34.7 Å². The number of rotatable bonds is 3. The number of hydrogen-bond acceptors (Lipinski definition) is 5. The molecule has 2 aromatic heterocycles. The number of aliphatic hydroxyl groups excluding tert-OH is 1. The third-order valence-corrected chi connectivity index (χ3v) is 5.20. The molecule has 0 amide bonds. The zero-order valence-electron chi connectivity index (χ0n) is 10.00. The summed E-state index contributed by atoms with van der Waals surface area (Å²) in [5.41, 5.74) is 0.552. The Morgan fingerprint density at radius 2 is 2.20 bits per heavy atom. The highest BCUT2D eigenvalue weighted by molar-refractivity contribution is 7.94. The largest absolute Gasteiger partial charge is 0.384 e. The molecule has 0 unspecified atom stereocenters. The van der Waals surface area contributed by atoms with Crippen LogP contribution in [-0.2, 0) is 10.0 Å². The summed E-state index contributed by atoms with van der Waals surface area (Å²) < 4.78 is 27.0. The van der Waals surface area contributed by atoms with Gasteiger partial charge in [-0.3, -0.25) is 4.72 Å². The van der Waals surface area contributed by atoms with E-state index in [1.165, 1.54) is 24.4 Å². The summed E-state index contributed by atoms with van der Waals surface area (Å²) in [6.07, 6.45) is 1.43. The molecule has 0 aliphatic rings. The summed E-state index contributed by atoms with van der Waals surface area (Å²) in [5.74, 6) is 5.30. The van der Waals surface area contributed by atoms with E-state index in [1.807, 2.05) is 0 Å². The van der Waals surface area contributed by atoms with E-state index in [1.54, 1.807) is 6.07 Å². The van der Waals surface area contributed by atoms with E-state index in [-0.39, 0.29) is 16.6 Å². The Bertz CT molecular complexity index is 775. The molecule has 104 valence electrons. The molecule has 5 nitrogen and oxygen atoms in total. The number of sulfonamides is 1. The van der Waals surface area contributed by atoms with Crippen molar-refractivity contribution in [2.24, 2.45) is 0 Å². The molecule has 0 saturated heterocycles. The Morgan fingerprint density at radius 1 is 1.40 bits per heavy atom. The lowest BCUT2D eigenvalue weighted by Crippen LogP contribution is -2.12. The van der Waals surface area contributed by atoms with Gasteiger partial charge in [-0.2, -0.15) is 0 Å². The molecule has 8 heteroatoms. The van der Waals surface area contributed by atoms with E-state index in [2.05, 4.69) is 21.5 Å². The van der Waals surface area contributed by atoms with Gasteiger partial charge in [0.15, 0.2) is 0 Å². The van der Waals surface area contributed by atoms with Crippen molar-refractivity contribution in [3.05, 3.63) is 40.4 Å². The van der Waals surface area contributed by atoms with Gasteiger partial charge in [-0.15, -0.1) is 11.3 Å². The van der Waals surface area contributed by atoms with Gasteiger partial charge < -0.3 is 5.11 Å². The first-order chi connectivity index (χ1) is 9.51. The van der Waals surface area contributed by atoms with E-state index < -0.39 is 10.0 Å². The molecule has 2 rings (SSSR count). The molecule has 2 aromatic rings. The number of aromatic nitrogens is 1. The monoisotopic (exact) mass is 328 g/mol. The van der Waals surface area contributed by atoms with Crippen LogP contribution in [0.2, 0.25) is 4.34 Å². The van der Waals surface area contributed by atoms with E-state index >= 15 is 0 Å². The smallest absolute Gasteiger partial charge is 0.272 e. The van der Waals surface area contributed by atoms with Gasteiger partial charge in [0.2, 0.25) is 0 Å². The van der Waals surface area contributed by atoms with Crippen molar-refractivity contribution in [3.63, 3.8) is 0 Å². The van der Waals surface area contributed by atoms with Gasteiger partial charge in [-0.1, -0.05) is 23.4 Å². The predicted octanol–water partition coefficient (Wildman–Crippen LogP) is 1.94. The lowest BCUT2D eigenvalue weighted by atomic mass is 10.2. The van der Waals surface area contributed by atoms with Gasteiger partial charge in [-0.05, 0) is 24.3 Å². The molecule has 0 aliphatic heterocycles. The molecular formula is C12H9ClN2O3S2. The van der Waals surface area contributed by atoms with Crippen LogP contribution >= 0.6 is 22.9 Å². The molecule has 2 N–H and O–H groups in total. The first-order valence-electron chi connectivity index (χ1n) is 5.35. The Kier molecular flexibility index (Phi) is 4.62. The first-order valence-corrected chi connectivity index (χ1v) is 8.03. The minimum absolute atomic E-state index is 0.108. The molecular weight excluding hydrogens is 320 g/mol. The molecule has 0 radical (unpaired) electrons. The lowest BCUT2D eigenvalue weighted by Gasteiger charge is -2.05. The van der Waals surface area contributed by atoms with Crippen molar-refractivity contribution in [3.8, 4) is 11.8 Å². The number of pyridine rings is 1. The van der Waals surface area contributed by atoms with Crippen molar-refractivity contribution < 1.29 is 13.5 Å². The number of thiophene rings is 1. The maximum Gasteiger partial charge on any atom is 0.272 e. The molecule has 0 aliphatic carbocycles. The van der Waals surface area contributed by atoms with Crippen LogP contribution in [0.3, 0.4) is 0 Å². The average Bonchev–Trinajstić information content (AvgIpc) is 2.84. The second-order valence-corrected chi connectivity index (χ2v) is 7.18. The van der Waals surface area contributed by atoms with Crippen molar-refractivity contribution in [2.75, 3.05) is 11.3 Å². The van der Waals surface area contributed by atoms with Crippen LogP contribution < -0.4 is 4.72 Å². The fraction of sp³-hybridized carbons (Fsp3) is 0.0833. The highest BCUT2D eigenvalue weighted by Gasteiger charge is 2.17. The number of halogens is 1. The average molecular weight is 329 g/mol. The summed E-state index contributed by atoms with van der Waals surface area (Å²) >= 11 is 6.68. The third-order valence-electron chi connectivity index (χ3n) is 2.12. The lowest BCUT2D eigenvalue weighted by molar-refractivity contribution is 0.350. The van der Waals surface area contributed by atoms with E-state index in [4.69, 9.17) is 16.7 Å². The quantitative estimate of drug-likeness (QED) is 0.844. The highest BCUT2D eigenvalue weighted by atomic mass is 35.5. The summed E-state index contributed by atoms with van der Waals surface area (Å²) in [5, 5.41) is 8.62. The second kappa shape index (κ2) is 6.24. The minimum atomic E-state index is -3.71. The van der Waals surface area contributed by atoms with E-state index in [0.29, 0.717) is 9.90 Å². The standard InChI is InChI=1S/C12H9ClN2O3S2/c13-10-3-4-12(19-10)20(17,18)15-11-8-9(2-1-7-16)5-6-14-11/h3-6,8,16H,7H2,(H,14,15). The fourth-order valence-corrected chi connectivity index (χ4v) is 3.82. The Balaban J connectivity index is 2.25. The van der Waals surface area contributed by atoms with Gasteiger partial charge in [-0.25, -0.2) is 13.4 Å². The number of nitrogens with one attached hydrogen (secondary N) is 1. The Morgan fingerprint density at radius 3 is 2.85 bits per heavy atom. The molecule has 0 spiro atoms. The summed E-state index contributed by atoms with van der Waals surface area (Å²) in [4.78, 5) is 3.92. The predicted molar refractivity (Wildman–Crippen MR) is 78.3 cm³/mol. The molecule has 20 heavy (non-hydrogen) atoms. The maximum absolute atomic E-state index is 12.1. The Hall–Kier alpha value is -1.59. The van der Waals surface area contributed by atoms with Crippen LogP contribution in [0.4, 0.5) is 5.82 Å². The van der Waals surface area contributed by atoms with Gasteiger partial charge in [0.25, 0.3) is 10.0 Å². The van der Waals surface area contributed by atoms with Crippen molar-refractivity contribution >= 4 is 38.8 Å². The second-order valence-electron chi connectivity index (χ2n) is 3.55. The topological polar surface area (TPSA) is 79.3 Å². The van der Waals surface area contributed by atoms with Crippen LogP contribution in [0.1, 0.15) is 5.56 Å². The number of nitrogens with zero attached hydrogens (tertiary/aromatic N) is 1. The molecule has 0 saturated carbocycles. The summed E-state index contributed by atoms with van der Waals surface area (Å²) in [7, 11) is -3.71. The van der Waals surface area contributed by atoms with Gasteiger partial charge in [0, 0.05) is 11.8 Å². The Labute approximate surface area is 125 Å². The zero-order chi connectivity index (χ0) is 14.6. The first kappa shape index (κ1) is 14.8. The normalized spacial score (nSPS) is 10.7. The van der Waals surface area contributed by atoms with Crippen LogP contribution in [0, 0.1) is 11.8 Å². The highest BCUT2D eigenvalue weighted by Crippen LogP contribution is 2.26. The fourth-order valence-electron chi connectivity index (χ4n) is 1.34. The molecule has 2 heterocycles. The van der Waals surface area contributed by atoms with Gasteiger partial charge in [0.1, 0.15) is 16.6 Å². The third kappa shape index (κ3) is 3.71. The molecule has 0 fully saturated rings. The van der Waals surface area contributed by atoms with E-state index in [0.717, 1.165) is 11.3 Å². The summed E-state index contributed by atoms with van der Waals surface area (Å²) in [6, 6.07) is 6.03. The van der Waals surface area contributed by atoms with Crippen molar-refractivity contribution in [1.29, 1.82) is 0 Å². The van der Waals surface area contributed by atoms with Crippen LogP contribution in [-0.4, -0.2) is 25.1 Å². The number of aliphatic hydroxyl groups is 1. The maximum atomic E-state index is 12.1. The molecule has 0 aromatic carbocycles.